The van der Waals surface area contributed by atoms with Crippen LogP contribution in [0.2, 0.25) is 0 Å². The minimum atomic E-state index is -4.46. The first-order valence-corrected chi connectivity index (χ1v) is 7.01. The molecule has 1 aromatic carbocycles. The first-order valence-electron chi connectivity index (χ1n) is 7.01. The van der Waals surface area contributed by atoms with E-state index in [1.54, 1.807) is 0 Å². The van der Waals surface area contributed by atoms with Crippen molar-refractivity contribution in [3.05, 3.63) is 35.4 Å². The summed E-state index contributed by atoms with van der Waals surface area (Å²) in [5.41, 5.74) is -0.497. The molecule has 0 bridgehead atoms. The molecule has 0 spiro atoms. The van der Waals surface area contributed by atoms with Gasteiger partial charge in [0.05, 0.1) is 24.3 Å². The number of amides is 2. The zero-order valence-corrected chi connectivity index (χ0v) is 13.2. The van der Waals surface area contributed by atoms with Crippen molar-refractivity contribution in [2.75, 3.05) is 27.3 Å². The maximum absolute atomic E-state index is 12.8. The number of carbonyl (C=O) groups excluding carboxylic acids is 1. The molecular formula is C15H21F3N2O3. The van der Waals surface area contributed by atoms with Crippen molar-refractivity contribution < 1.29 is 27.8 Å². The summed E-state index contributed by atoms with van der Waals surface area (Å²) in [6.07, 6.45) is -5.17. The molecule has 0 radical (unpaired) electrons. The fraction of sp³-hybridized carbons (Fsp3) is 0.533. The molecule has 130 valence electrons. The van der Waals surface area contributed by atoms with Crippen LogP contribution in [-0.4, -0.2) is 49.5 Å². The Morgan fingerprint density at radius 1 is 1.43 bits per heavy atom. The number of alkyl halides is 3. The maximum Gasteiger partial charge on any atom is 0.416 e. The highest BCUT2D eigenvalue weighted by Gasteiger charge is 2.31. The van der Waals surface area contributed by atoms with Gasteiger partial charge < -0.3 is 20.1 Å². The molecule has 0 heterocycles. The summed E-state index contributed by atoms with van der Waals surface area (Å²) >= 11 is 0. The molecule has 2 unspecified atom stereocenters. The van der Waals surface area contributed by atoms with Gasteiger partial charge in [-0.15, -0.1) is 0 Å². The minimum absolute atomic E-state index is 0.0234. The highest BCUT2D eigenvalue weighted by molar-refractivity contribution is 5.74. The quantitative estimate of drug-likeness (QED) is 0.840. The third-order valence-electron chi connectivity index (χ3n) is 3.13. The average Bonchev–Trinajstić information content (AvgIpc) is 2.45. The number of aliphatic hydroxyl groups is 1. The number of rotatable bonds is 6. The lowest BCUT2D eigenvalue weighted by Gasteiger charge is -2.24. The number of urea groups is 1. The predicted molar refractivity (Wildman–Crippen MR) is 78.9 cm³/mol. The van der Waals surface area contributed by atoms with Crippen LogP contribution in [0.25, 0.3) is 0 Å². The van der Waals surface area contributed by atoms with Crippen LogP contribution in [0.15, 0.2) is 24.3 Å². The largest absolute Gasteiger partial charge is 0.416 e. The van der Waals surface area contributed by atoms with E-state index < -0.39 is 29.9 Å². The average molecular weight is 334 g/mol. The lowest BCUT2D eigenvalue weighted by molar-refractivity contribution is -0.137. The minimum Gasteiger partial charge on any atom is -0.392 e. The highest BCUT2D eigenvalue weighted by atomic mass is 19.4. The summed E-state index contributed by atoms with van der Waals surface area (Å²) in [6, 6.07) is 3.49. The number of nitrogens with zero attached hydrogens (tertiary/aromatic N) is 1. The number of benzene rings is 1. The smallest absolute Gasteiger partial charge is 0.392 e. The van der Waals surface area contributed by atoms with Crippen LogP contribution in [0.1, 0.15) is 24.1 Å². The van der Waals surface area contributed by atoms with E-state index >= 15 is 0 Å². The van der Waals surface area contributed by atoms with Crippen molar-refractivity contribution in [3.63, 3.8) is 0 Å². The number of hydrogen-bond acceptors (Lipinski definition) is 3. The summed E-state index contributed by atoms with van der Waals surface area (Å²) in [7, 11) is 2.88. The molecule has 2 amide bonds. The van der Waals surface area contributed by atoms with Crippen LogP contribution in [-0.2, 0) is 10.9 Å². The van der Waals surface area contributed by atoms with Crippen LogP contribution >= 0.6 is 0 Å². The lowest BCUT2D eigenvalue weighted by atomic mass is 10.0. The first-order chi connectivity index (χ1) is 10.6. The van der Waals surface area contributed by atoms with Gasteiger partial charge in [0, 0.05) is 20.7 Å². The van der Waals surface area contributed by atoms with E-state index in [0.717, 1.165) is 12.1 Å². The van der Waals surface area contributed by atoms with Gasteiger partial charge in [0.15, 0.2) is 0 Å². The fourth-order valence-electron chi connectivity index (χ4n) is 2.06. The van der Waals surface area contributed by atoms with Crippen LogP contribution in [0.3, 0.4) is 0 Å². The van der Waals surface area contributed by atoms with E-state index in [4.69, 9.17) is 4.74 Å². The van der Waals surface area contributed by atoms with Gasteiger partial charge in [-0.25, -0.2) is 4.79 Å². The Hall–Kier alpha value is -1.80. The van der Waals surface area contributed by atoms with Crippen LogP contribution in [0.5, 0.6) is 0 Å². The number of aliphatic hydroxyl groups excluding tert-OH is 1. The normalized spacial score (nSPS) is 14.2. The standard InChI is InChI=1S/C15H21F3N2O3/c1-10(21)8-20(2)14(22)19-13(9-23-3)11-5-4-6-12(7-11)15(16,17)18/h4-7,10,13,21H,8-9H2,1-3H3,(H,19,22). The van der Waals surface area contributed by atoms with Crippen LogP contribution in [0.4, 0.5) is 18.0 Å². The summed E-state index contributed by atoms with van der Waals surface area (Å²) in [5, 5.41) is 11.9. The van der Waals surface area contributed by atoms with Crippen molar-refractivity contribution >= 4 is 6.03 Å². The third-order valence-corrected chi connectivity index (χ3v) is 3.13. The van der Waals surface area contributed by atoms with E-state index in [1.165, 1.54) is 38.1 Å². The lowest BCUT2D eigenvalue weighted by Crippen LogP contribution is -2.43. The van der Waals surface area contributed by atoms with Gasteiger partial charge in [-0.2, -0.15) is 13.2 Å². The molecule has 0 aliphatic carbocycles. The monoisotopic (exact) mass is 334 g/mol. The molecule has 0 aliphatic heterocycles. The van der Waals surface area contributed by atoms with E-state index in [-0.39, 0.29) is 13.2 Å². The molecule has 0 saturated carbocycles. The van der Waals surface area contributed by atoms with Gasteiger partial charge in [0.25, 0.3) is 0 Å². The Labute approximate surface area is 133 Å². The second-order valence-corrected chi connectivity index (χ2v) is 5.31. The Kier molecular flexibility index (Phi) is 6.83. The second-order valence-electron chi connectivity index (χ2n) is 5.31. The summed E-state index contributed by atoms with van der Waals surface area (Å²) in [6.45, 7) is 1.66. The molecular weight excluding hydrogens is 313 g/mol. The van der Waals surface area contributed by atoms with Gasteiger partial charge in [-0.3, -0.25) is 0 Å². The molecule has 1 rings (SSSR count). The number of nitrogens with one attached hydrogen (secondary N) is 1. The van der Waals surface area contributed by atoms with Crippen molar-refractivity contribution in [3.8, 4) is 0 Å². The molecule has 23 heavy (non-hydrogen) atoms. The zero-order chi connectivity index (χ0) is 17.6. The van der Waals surface area contributed by atoms with Crippen LogP contribution < -0.4 is 5.32 Å². The van der Waals surface area contributed by atoms with Crippen molar-refractivity contribution in [2.45, 2.75) is 25.2 Å². The van der Waals surface area contributed by atoms with Gasteiger partial charge in [0.2, 0.25) is 0 Å². The van der Waals surface area contributed by atoms with Gasteiger partial charge in [-0.1, -0.05) is 12.1 Å². The van der Waals surface area contributed by atoms with Crippen LogP contribution in [0, 0.1) is 0 Å². The summed E-state index contributed by atoms with van der Waals surface area (Å²) in [5.74, 6) is 0. The molecule has 8 heteroatoms. The van der Waals surface area contributed by atoms with Crippen molar-refractivity contribution in [2.24, 2.45) is 0 Å². The predicted octanol–water partition coefficient (Wildman–Crippen LogP) is 2.42. The molecule has 0 saturated heterocycles. The van der Waals surface area contributed by atoms with E-state index in [9.17, 15) is 23.1 Å². The van der Waals surface area contributed by atoms with E-state index in [2.05, 4.69) is 5.32 Å². The van der Waals surface area contributed by atoms with Crippen molar-refractivity contribution in [1.82, 2.24) is 10.2 Å². The third kappa shape index (κ3) is 6.07. The molecule has 1 aromatic rings. The molecule has 2 atom stereocenters. The molecule has 0 fully saturated rings. The van der Waals surface area contributed by atoms with Gasteiger partial charge in [-0.05, 0) is 24.6 Å². The van der Waals surface area contributed by atoms with E-state index in [0.29, 0.717) is 5.56 Å². The maximum atomic E-state index is 12.8. The molecule has 5 nitrogen and oxygen atoms in total. The SMILES string of the molecule is COCC(NC(=O)N(C)CC(C)O)c1cccc(C(F)(F)F)c1. The number of halogens is 3. The Balaban J connectivity index is 2.92. The second kappa shape index (κ2) is 8.16. The fourth-order valence-corrected chi connectivity index (χ4v) is 2.06. The molecule has 0 aromatic heterocycles. The first kappa shape index (κ1) is 19.2. The van der Waals surface area contributed by atoms with Crippen molar-refractivity contribution in [1.29, 1.82) is 0 Å². The Bertz CT molecular complexity index is 521. The van der Waals surface area contributed by atoms with E-state index in [1.807, 2.05) is 0 Å². The number of ether oxygens (including phenoxy) is 1. The zero-order valence-electron chi connectivity index (χ0n) is 13.2. The topological polar surface area (TPSA) is 61.8 Å². The highest BCUT2D eigenvalue weighted by Crippen LogP contribution is 2.30. The Morgan fingerprint density at radius 3 is 2.61 bits per heavy atom. The molecule has 2 N–H and O–H groups in total. The van der Waals surface area contributed by atoms with Gasteiger partial charge in [0.1, 0.15) is 0 Å². The number of likely N-dealkylation sites (N-methyl/N-ethyl adjacent to an activating group) is 1. The molecule has 0 aliphatic rings. The number of hydrogen-bond donors (Lipinski definition) is 2. The summed E-state index contributed by atoms with van der Waals surface area (Å²) < 4.78 is 43.4. The Morgan fingerprint density at radius 2 is 2.09 bits per heavy atom. The van der Waals surface area contributed by atoms with Gasteiger partial charge >= 0.3 is 12.2 Å². The number of methoxy groups -OCH3 is 1. The summed E-state index contributed by atoms with van der Waals surface area (Å²) in [4.78, 5) is 13.3. The number of carbonyl (C=O) groups is 1.